The zero-order valence-electron chi connectivity index (χ0n) is 9.91. The van der Waals surface area contributed by atoms with Gasteiger partial charge in [-0.2, -0.15) is 0 Å². The Morgan fingerprint density at radius 2 is 2.17 bits per heavy atom. The van der Waals surface area contributed by atoms with E-state index in [0.29, 0.717) is 6.61 Å². The Bertz CT molecular complexity index is 448. The zero-order valence-corrected chi connectivity index (χ0v) is 9.91. The monoisotopic (exact) mass is 256 g/mol. The van der Waals surface area contributed by atoms with Crippen LogP contribution in [0.1, 0.15) is 10.4 Å². The second-order valence-corrected chi connectivity index (χ2v) is 3.13. The van der Waals surface area contributed by atoms with Crippen LogP contribution in [0.4, 0.5) is 5.69 Å². The van der Waals surface area contributed by atoms with Gasteiger partial charge in [-0.05, 0) is 0 Å². The molecule has 0 N–H and O–H groups in total. The van der Waals surface area contributed by atoms with Crippen molar-refractivity contribution in [3.8, 4) is 5.88 Å². The highest BCUT2D eigenvalue weighted by atomic mass is 16.6. The molecule has 0 bridgehead atoms. The van der Waals surface area contributed by atoms with Gasteiger partial charge in [0.2, 0.25) is 5.88 Å². The Balaban J connectivity index is 2.98. The lowest BCUT2D eigenvalue weighted by Gasteiger charge is -2.06. The lowest BCUT2D eigenvalue weighted by Crippen LogP contribution is -2.09. The van der Waals surface area contributed by atoms with E-state index in [-0.39, 0.29) is 18.1 Å². The van der Waals surface area contributed by atoms with Crippen LogP contribution >= 0.6 is 0 Å². The van der Waals surface area contributed by atoms with Crippen LogP contribution in [0.3, 0.4) is 0 Å². The highest BCUT2D eigenvalue weighted by molar-refractivity contribution is 5.93. The maximum Gasteiger partial charge on any atom is 0.345 e. The zero-order chi connectivity index (χ0) is 13.5. The van der Waals surface area contributed by atoms with E-state index >= 15 is 0 Å². The largest absolute Gasteiger partial charge is 0.475 e. The van der Waals surface area contributed by atoms with E-state index in [2.05, 4.69) is 9.72 Å². The third-order valence-electron chi connectivity index (χ3n) is 2.00. The predicted molar refractivity (Wildman–Crippen MR) is 59.6 cm³/mol. The Labute approximate surface area is 103 Å². The summed E-state index contributed by atoms with van der Waals surface area (Å²) in [6.07, 6.45) is 0.953. The predicted octanol–water partition coefficient (Wildman–Crippen LogP) is 0.802. The van der Waals surface area contributed by atoms with E-state index in [0.717, 1.165) is 13.3 Å². The number of pyridine rings is 1. The number of methoxy groups -OCH3 is 2. The third kappa shape index (κ3) is 3.39. The molecule has 0 spiro atoms. The SMILES string of the molecule is COCCOc1cc(C(=O)OC)c([N+](=O)[O-])cn1. The third-order valence-corrected chi connectivity index (χ3v) is 2.00. The maximum atomic E-state index is 11.4. The highest BCUT2D eigenvalue weighted by Crippen LogP contribution is 2.22. The van der Waals surface area contributed by atoms with Gasteiger partial charge in [-0.15, -0.1) is 0 Å². The molecule has 1 heterocycles. The van der Waals surface area contributed by atoms with E-state index in [1.807, 2.05) is 0 Å². The molecular weight excluding hydrogens is 244 g/mol. The summed E-state index contributed by atoms with van der Waals surface area (Å²) < 4.78 is 14.4. The van der Waals surface area contributed by atoms with E-state index < -0.39 is 16.6 Å². The van der Waals surface area contributed by atoms with Crippen LogP contribution in [0, 0.1) is 10.1 Å². The van der Waals surface area contributed by atoms with Gasteiger partial charge in [0, 0.05) is 13.2 Å². The smallest absolute Gasteiger partial charge is 0.345 e. The van der Waals surface area contributed by atoms with Crippen molar-refractivity contribution in [2.24, 2.45) is 0 Å². The molecule has 0 saturated heterocycles. The van der Waals surface area contributed by atoms with Crippen molar-refractivity contribution in [1.82, 2.24) is 4.98 Å². The molecule has 0 atom stereocenters. The fraction of sp³-hybridized carbons (Fsp3) is 0.400. The summed E-state index contributed by atoms with van der Waals surface area (Å²) in [5.74, 6) is -0.723. The number of nitro groups is 1. The number of carbonyl (C=O) groups is 1. The van der Waals surface area contributed by atoms with Crippen molar-refractivity contribution in [2.75, 3.05) is 27.4 Å². The number of nitrogens with zero attached hydrogens (tertiary/aromatic N) is 2. The molecule has 0 radical (unpaired) electrons. The summed E-state index contributed by atoms with van der Waals surface area (Å²) >= 11 is 0. The minimum absolute atomic E-state index is 0.0954. The first-order valence-corrected chi connectivity index (χ1v) is 4.94. The molecule has 8 heteroatoms. The van der Waals surface area contributed by atoms with E-state index in [9.17, 15) is 14.9 Å². The number of aromatic nitrogens is 1. The standard InChI is InChI=1S/C10H12N2O6/c1-16-3-4-18-9-5-7(10(13)17-2)8(6-11-9)12(14)15/h5-6H,3-4H2,1-2H3. The normalized spacial score (nSPS) is 9.89. The van der Waals surface area contributed by atoms with Crippen LogP contribution < -0.4 is 4.74 Å². The first-order valence-electron chi connectivity index (χ1n) is 4.94. The molecule has 0 aliphatic carbocycles. The summed E-state index contributed by atoms with van der Waals surface area (Å²) in [5.41, 5.74) is -0.633. The van der Waals surface area contributed by atoms with Gasteiger partial charge in [0.15, 0.2) is 0 Å². The number of hydrogen-bond donors (Lipinski definition) is 0. The van der Waals surface area contributed by atoms with Crippen molar-refractivity contribution in [1.29, 1.82) is 0 Å². The molecule has 1 aromatic rings. The summed E-state index contributed by atoms with van der Waals surface area (Å²) in [6, 6.07) is 1.17. The van der Waals surface area contributed by atoms with Crippen LogP contribution in [-0.4, -0.2) is 43.3 Å². The molecule has 1 rings (SSSR count). The lowest BCUT2D eigenvalue weighted by molar-refractivity contribution is -0.385. The van der Waals surface area contributed by atoms with Crippen LogP contribution in [0.15, 0.2) is 12.3 Å². The molecule has 1 aromatic heterocycles. The van der Waals surface area contributed by atoms with E-state index in [1.165, 1.54) is 13.2 Å². The van der Waals surface area contributed by atoms with Crippen molar-refractivity contribution in [3.63, 3.8) is 0 Å². The molecule has 0 aliphatic heterocycles. The van der Waals surface area contributed by atoms with Crippen molar-refractivity contribution in [2.45, 2.75) is 0 Å². The van der Waals surface area contributed by atoms with Gasteiger partial charge in [0.1, 0.15) is 18.4 Å². The molecule has 18 heavy (non-hydrogen) atoms. The van der Waals surface area contributed by atoms with Crippen LogP contribution in [0.5, 0.6) is 5.88 Å². The molecule has 0 amide bonds. The maximum absolute atomic E-state index is 11.4. The van der Waals surface area contributed by atoms with Crippen LogP contribution in [-0.2, 0) is 9.47 Å². The summed E-state index contributed by atoms with van der Waals surface area (Å²) in [4.78, 5) is 25.1. The Morgan fingerprint density at radius 1 is 1.44 bits per heavy atom. The van der Waals surface area contributed by atoms with Crippen molar-refractivity contribution < 1.29 is 23.9 Å². The molecule has 0 aromatic carbocycles. The van der Waals surface area contributed by atoms with E-state index in [4.69, 9.17) is 9.47 Å². The number of esters is 1. The minimum atomic E-state index is -0.819. The molecule has 8 nitrogen and oxygen atoms in total. The van der Waals surface area contributed by atoms with Crippen molar-refractivity contribution >= 4 is 11.7 Å². The average Bonchev–Trinajstić information content (AvgIpc) is 2.37. The molecule has 0 unspecified atom stereocenters. The fourth-order valence-electron chi connectivity index (χ4n) is 1.16. The van der Waals surface area contributed by atoms with Gasteiger partial charge < -0.3 is 14.2 Å². The number of rotatable bonds is 6. The Kier molecular flexibility index (Phi) is 5.00. The summed E-state index contributed by atoms with van der Waals surface area (Å²) in [5, 5.41) is 10.7. The Hall–Kier alpha value is -2.22. The number of carbonyl (C=O) groups excluding carboxylic acids is 1. The fourth-order valence-corrected chi connectivity index (χ4v) is 1.16. The average molecular weight is 256 g/mol. The van der Waals surface area contributed by atoms with Gasteiger partial charge in [0.05, 0.1) is 18.6 Å². The van der Waals surface area contributed by atoms with Gasteiger partial charge in [-0.3, -0.25) is 10.1 Å². The first-order chi connectivity index (χ1) is 8.60. The topological polar surface area (TPSA) is 101 Å². The quantitative estimate of drug-likeness (QED) is 0.321. The summed E-state index contributed by atoms with van der Waals surface area (Å²) in [7, 11) is 2.64. The lowest BCUT2D eigenvalue weighted by atomic mass is 10.2. The second kappa shape index (κ2) is 6.50. The van der Waals surface area contributed by atoms with Crippen LogP contribution in [0.25, 0.3) is 0 Å². The summed E-state index contributed by atoms with van der Waals surface area (Å²) in [6.45, 7) is 0.564. The molecule has 0 aliphatic rings. The van der Waals surface area contributed by atoms with Gasteiger partial charge in [-0.25, -0.2) is 9.78 Å². The molecule has 98 valence electrons. The first kappa shape index (κ1) is 13.8. The Morgan fingerprint density at radius 3 is 2.72 bits per heavy atom. The molecule has 0 saturated carbocycles. The van der Waals surface area contributed by atoms with Crippen LogP contribution in [0.2, 0.25) is 0 Å². The number of ether oxygens (including phenoxy) is 3. The number of hydrogen-bond acceptors (Lipinski definition) is 7. The highest BCUT2D eigenvalue weighted by Gasteiger charge is 2.22. The molecular formula is C10H12N2O6. The van der Waals surface area contributed by atoms with E-state index in [1.54, 1.807) is 0 Å². The van der Waals surface area contributed by atoms with Gasteiger partial charge >= 0.3 is 11.7 Å². The molecule has 0 fully saturated rings. The van der Waals surface area contributed by atoms with Gasteiger partial charge in [0.25, 0.3) is 0 Å². The second-order valence-electron chi connectivity index (χ2n) is 3.13. The minimum Gasteiger partial charge on any atom is -0.475 e. The van der Waals surface area contributed by atoms with Crippen molar-refractivity contribution in [3.05, 3.63) is 27.9 Å². The van der Waals surface area contributed by atoms with Gasteiger partial charge in [-0.1, -0.05) is 0 Å².